The minimum absolute atomic E-state index is 0.0147. The highest BCUT2D eigenvalue weighted by atomic mass is 35.5. The number of carboxylic acid groups (broad SMARTS) is 1. The van der Waals surface area contributed by atoms with Crippen molar-refractivity contribution >= 4 is 35.1 Å². The van der Waals surface area contributed by atoms with E-state index in [1.807, 2.05) is 0 Å². The van der Waals surface area contributed by atoms with Crippen LogP contribution < -0.4 is 0 Å². The first-order valence-electron chi connectivity index (χ1n) is 5.31. The second-order valence-corrected chi connectivity index (χ2v) is 5.15. The van der Waals surface area contributed by atoms with Gasteiger partial charge in [0.25, 0.3) is 0 Å². The van der Waals surface area contributed by atoms with Gasteiger partial charge in [-0.2, -0.15) is 0 Å². The fourth-order valence-corrected chi connectivity index (χ4v) is 2.35. The molecule has 0 radical (unpaired) electrons. The molecule has 0 bridgehead atoms. The molecule has 1 aliphatic rings. The number of ether oxygens (including phenoxy) is 1. The van der Waals surface area contributed by atoms with Crippen molar-refractivity contribution in [3.63, 3.8) is 0 Å². The van der Waals surface area contributed by atoms with Gasteiger partial charge in [-0.1, -0.05) is 0 Å². The van der Waals surface area contributed by atoms with E-state index in [1.54, 1.807) is 13.8 Å². The summed E-state index contributed by atoms with van der Waals surface area (Å²) in [5, 5.41) is 7.72. The van der Waals surface area contributed by atoms with Gasteiger partial charge in [0.1, 0.15) is 0 Å². The molecule has 1 aliphatic carbocycles. The Labute approximate surface area is 110 Å². The van der Waals surface area contributed by atoms with Gasteiger partial charge in [-0.05, 0) is 26.7 Å². The van der Waals surface area contributed by atoms with E-state index in [-0.39, 0.29) is 17.3 Å². The Morgan fingerprint density at radius 3 is 2.12 bits per heavy atom. The highest BCUT2D eigenvalue weighted by Gasteiger charge is 2.36. The first-order valence-corrected chi connectivity index (χ1v) is 6.18. The third-order valence-corrected chi connectivity index (χ3v) is 3.26. The monoisotopic (exact) mass is 280 g/mol. The molecule has 6 heteroatoms. The van der Waals surface area contributed by atoms with Crippen LogP contribution in [-0.4, -0.2) is 33.9 Å². The van der Waals surface area contributed by atoms with E-state index in [1.165, 1.54) is 0 Å². The molecule has 0 fully saturated rings. The van der Waals surface area contributed by atoms with Gasteiger partial charge in [-0.25, -0.2) is 9.59 Å². The van der Waals surface area contributed by atoms with Crippen LogP contribution in [0.1, 0.15) is 26.7 Å². The summed E-state index contributed by atoms with van der Waals surface area (Å²) < 4.78 is 4.99. The summed E-state index contributed by atoms with van der Waals surface area (Å²) in [6.07, 6.45) is 0.579. The molecule has 0 aromatic rings. The molecule has 17 heavy (non-hydrogen) atoms. The Morgan fingerprint density at radius 2 is 1.71 bits per heavy atom. The fraction of sp³-hybridized carbons (Fsp3) is 0.636. The maximum absolute atomic E-state index is 11.8. The van der Waals surface area contributed by atoms with Crippen LogP contribution in [0.5, 0.6) is 0 Å². The van der Waals surface area contributed by atoms with Crippen molar-refractivity contribution < 1.29 is 19.4 Å². The molecular formula is C11H14Cl2O4. The molecule has 1 N–H and O–H groups in total. The quantitative estimate of drug-likeness (QED) is 0.637. The molecule has 0 heterocycles. The zero-order valence-electron chi connectivity index (χ0n) is 9.57. The van der Waals surface area contributed by atoms with Gasteiger partial charge in [-0.3, -0.25) is 0 Å². The van der Waals surface area contributed by atoms with Crippen molar-refractivity contribution in [1.82, 2.24) is 0 Å². The number of carbonyl (C=O) groups is 2. The first-order chi connectivity index (χ1) is 7.84. The zero-order valence-corrected chi connectivity index (χ0v) is 11.1. The molecule has 0 aromatic carbocycles. The number of rotatable bonds is 3. The summed E-state index contributed by atoms with van der Waals surface area (Å²) in [4.78, 5) is 22.9. The van der Waals surface area contributed by atoms with Crippen LogP contribution in [0.25, 0.3) is 0 Å². The van der Waals surface area contributed by atoms with Gasteiger partial charge < -0.3 is 9.84 Å². The molecule has 0 saturated heterocycles. The Hall–Kier alpha value is -0.740. The van der Waals surface area contributed by atoms with E-state index in [0.717, 1.165) is 0 Å². The number of esters is 1. The standard InChI is InChI=1S/C11H14Cl2O4/c1-5(2)17-11(16)9-7(13)4-3-6(12)8(9)10(14)15/h5-7H,3-4H2,1-2H3,(H,14,15). The second kappa shape index (κ2) is 5.74. The van der Waals surface area contributed by atoms with E-state index >= 15 is 0 Å². The summed E-state index contributed by atoms with van der Waals surface area (Å²) in [6.45, 7) is 3.37. The van der Waals surface area contributed by atoms with Crippen molar-refractivity contribution in [3.8, 4) is 0 Å². The van der Waals surface area contributed by atoms with E-state index < -0.39 is 22.7 Å². The molecule has 0 saturated carbocycles. The van der Waals surface area contributed by atoms with Crippen LogP contribution in [0.15, 0.2) is 11.1 Å². The topological polar surface area (TPSA) is 63.6 Å². The predicted molar refractivity (Wildman–Crippen MR) is 64.4 cm³/mol. The van der Waals surface area contributed by atoms with E-state index in [9.17, 15) is 9.59 Å². The highest BCUT2D eigenvalue weighted by molar-refractivity contribution is 6.30. The van der Waals surface area contributed by atoms with E-state index in [0.29, 0.717) is 12.8 Å². The average Bonchev–Trinajstić information content (AvgIpc) is 2.19. The Balaban J connectivity index is 3.13. The molecule has 1 rings (SSSR count). The molecule has 2 unspecified atom stereocenters. The van der Waals surface area contributed by atoms with Gasteiger partial charge in [0, 0.05) is 0 Å². The SMILES string of the molecule is CC(C)OC(=O)C1=C(C(=O)O)C(Cl)CCC1Cl. The average molecular weight is 281 g/mol. The predicted octanol–water partition coefficient (Wildman–Crippen LogP) is 2.33. The molecule has 96 valence electrons. The van der Waals surface area contributed by atoms with Gasteiger partial charge in [0.2, 0.25) is 0 Å². The molecule has 0 aliphatic heterocycles. The Morgan fingerprint density at radius 1 is 1.24 bits per heavy atom. The first kappa shape index (κ1) is 14.3. The molecule has 2 atom stereocenters. The number of hydrogen-bond donors (Lipinski definition) is 1. The molecular weight excluding hydrogens is 267 g/mol. The number of carbonyl (C=O) groups excluding carboxylic acids is 1. The lowest BCUT2D eigenvalue weighted by molar-refractivity contribution is -0.144. The molecule has 0 amide bonds. The summed E-state index contributed by atoms with van der Waals surface area (Å²) in [7, 11) is 0. The summed E-state index contributed by atoms with van der Waals surface area (Å²) >= 11 is 11.9. The number of aliphatic carboxylic acids is 1. The lowest BCUT2D eigenvalue weighted by Crippen LogP contribution is -2.31. The van der Waals surface area contributed by atoms with Gasteiger partial charge in [-0.15, -0.1) is 23.2 Å². The zero-order chi connectivity index (χ0) is 13.2. The maximum atomic E-state index is 11.8. The minimum atomic E-state index is -1.22. The summed E-state index contributed by atoms with van der Waals surface area (Å²) in [5.74, 6) is -1.91. The van der Waals surface area contributed by atoms with Crippen LogP contribution >= 0.6 is 23.2 Å². The number of halogens is 2. The van der Waals surface area contributed by atoms with Crippen LogP contribution in [0.2, 0.25) is 0 Å². The van der Waals surface area contributed by atoms with Gasteiger partial charge in [0.15, 0.2) is 0 Å². The second-order valence-electron chi connectivity index (χ2n) is 4.10. The number of carboxylic acids is 1. The minimum Gasteiger partial charge on any atom is -0.478 e. The van der Waals surface area contributed by atoms with Crippen LogP contribution in [-0.2, 0) is 14.3 Å². The Bertz CT molecular complexity index is 362. The van der Waals surface area contributed by atoms with Gasteiger partial charge in [0.05, 0.1) is 28.0 Å². The van der Waals surface area contributed by atoms with Gasteiger partial charge >= 0.3 is 11.9 Å². The van der Waals surface area contributed by atoms with Crippen molar-refractivity contribution in [1.29, 1.82) is 0 Å². The number of hydrogen-bond acceptors (Lipinski definition) is 3. The van der Waals surface area contributed by atoms with Crippen molar-refractivity contribution in [3.05, 3.63) is 11.1 Å². The van der Waals surface area contributed by atoms with Crippen molar-refractivity contribution in [2.75, 3.05) is 0 Å². The molecule has 0 aromatic heterocycles. The molecule has 0 spiro atoms. The van der Waals surface area contributed by atoms with Crippen molar-refractivity contribution in [2.24, 2.45) is 0 Å². The fourth-order valence-electron chi connectivity index (χ4n) is 1.68. The third kappa shape index (κ3) is 3.36. The smallest absolute Gasteiger partial charge is 0.336 e. The maximum Gasteiger partial charge on any atom is 0.336 e. The van der Waals surface area contributed by atoms with E-state index in [4.69, 9.17) is 33.0 Å². The highest BCUT2D eigenvalue weighted by Crippen LogP contribution is 2.33. The summed E-state index contributed by atoms with van der Waals surface area (Å²) in [6, 6.07) is 0. The van der Waals surface area contributed by atoms with Crippen LogP contribution in [0.4, 0.5) is 0 Å². The van der Waals surface area contributed by atoms with Crippen molar-refractivity contribution in [2.45, 2.75) is 43.5 Å². The lowest BCUT2D eigenvalue weighted by atomic mass is 9.91. The van der Waals surface area contributed by atoms with Crippen LogP contribution in [0.3, 0.4) is 0 Å². The van der Waals surface area contributed by atoms with E-state index in [2.05, 4.69) is 0 Å². The van der Waals surface area contributed by atoms with Crippen LogP contribution in [0, 0.1) is 0 Å². The molecule has 4 nitrogen and oxygen atoms in total. The normalized spacial score (nSPS) is 25.0. The Kier molecular flexibility index (Phi) is 4.83. The third-order valence-electron chi connectivity index (χ3n) is 2.38. The lowest BCUT2D eigenvalue weighted by Gasteiger charge is -2.25. The largest absolute Gasteiger partial charge is 0.478 e. The number of alkyl halides is 2. The summed E-state index contributed by atoms with van der Waals surface area (Å²) in [5.41, 5.74) is -0.150.